The Kier molecular flexibility index (Phi) is 14.1. The number of rotatable bonds is 18. The van der Waals surface area contributed by atoms with Gasteiger partial charge in [-0.15, -0.1) is 0 Å². The predicted octanol–water partition coefficient (Wildman–Crippen LogP) is 7.83. The number of unbranched alkanes of at least 4 members (excludes halogenated alkanes) is 9. The van der Waals surface area contributed by atoms with Gasteiger partial charge in [0.1, 0.15) is 5.75 Å². The molecule has 0 aromatic heterocycles. The van der Waals surface area contributed by atoms with Gasteiger partial charge >= 0.3 is 5.97 Å². The van der Waals surface area contributed by atoms with Crippen molar-refractivity contribution in [1.82, 2.24) is 0 Å². The first kappa shape index (κ1) is 27.9. The summed E-state index contributed by atoms with van der Waals surface area (Å²) in [5, 5.41) is 8.77. The number of esters is 1. The lowest BCUT2D eigenvalue weighted by Gasteiger charge is -2.10. The second-order valence-corrected chi connectivity index (χ2v) is 9.32. The molecule has 188 valence electrons. The van der Waals surface area contributed by atoms with E-state index in [1.165, 1.54) is 44.9 Å². The highest BCUT2D eigenvalue weighted by Gasteiger charge is 2.09. The van der Waals surface area contributed by atoms with E-state index in [4.69, 9.17) is 14.6 Å². The number of benzene rings is 2. The number of ether oxygens (including phenoxy) is 2. The molecule has 0 aliphatic carbocycles. The van der Waals surface area contributed by atoms with Crippen LogP contribution in [0.15, 0.2) is 48.5 Å². The van der Waals surface area contributed by atoms with Crippen molar-refractivity contribution in [2.75, 3.05) is 19.8 Å². The zero-order chi connectivity index (χ0) is 24.4. The van der Waals surface area contributed by atoms with Gasteiger partial charge in [-0.1, -0.05) is 95.9 Å². The van der Waals surface area contributed by atoms with Gasteiger partial charge in [0, 0.05) is 6.61 Å². The van der Waals surface area contributed by atoms with Crippen LogP contribution >= 0.6 is 0 Å². The maximum Gasteiger partial charge on any atom is 0.338 e. The molecule has 4 heteroatoms. The van der Waals surface area contributed by atoms with Crippen LogP contribution in [0.3, 0.4) is 0 Å². The van der Waals surface area contributed by atoms with Crippen LogP contribution in [0.4, 0.5) is 0 Å². The minimum Gasteiger partial charge on any atom is -0.494 e. The third kappa shape index (κ3) is 11.2. The largest absolute Gasteiger partial charge is 0.494 e. The molecule has 4 nitrogen and oxygen atoms in total. The third-order valence-electron chi connectivity index (χ3n) is 6.33. The summed E-state index contributed by atoms with van der Waals surface area (Å²) >= 11 is 0. The van der Waals surface area contributed by atoms with Gasteiger partial charge in [-0.2, -0.15) is 0 Å². The van der Waals surface area contributed by atoms with Crippen molar-refractivity contribution in [3.05, 3.63) is 54.1 Å². The van der Waals surface area contributed by atoms with Crippen LogP contribution in [0.2, 0.25) is 0 Å². The molecule has 0 aliphatic heterocycles. The number of aliphatic hydroxyl groups excluding tert-OH is 1. The van der Waals surface area contributed by atoms with Gasteiger partial charge in [-0.05, 0) is 54.2 Å². The first-order valence-electron chi connectivity index (χ1n) is 13.2. The first-order valence-corrected chi connectivity index (χ1v) is 13.2. The molecular weight excluding hydrogens is 424 g/mol. The Labute approximate surface area is 206 Å². The van der Waals surface area contributed by atoms with E-state index < -0.39 is 0 Å². The average Bonchev–Trinajstić information content (AvgIpc) is 2.88. The average molecular weight is 469 g/mol. The number of hydrogen-bond donors (Lipinski definition) is 1. The summed E-state index contributed by atoms with van der Waals surface area (Å²) in [5.74, 6) is 1.02. The van der Waals surface area contributed by atoms with Gasteiger partial charge in [-0.3, -0.25) is 0 Å². The standard InChI is InChI=1S/C30H44O4/c1-3-25(2)24-34-30(32)28-16-14-26(15-17-28)27-18-20-29(21-19-27)33-23-13-11-9-7-5-4-6-8-10-12-22-31/h14-21,25,31H,3-13,22-24H2,1-2H3. The van der Waals surface area contributed by atoms with Crippen LogP contribution in [0, 0.1) is 5.92 Å². The van der Waals surface area contributed by atoms with Crippen LogP contribution in [-0.4, -0.2) is 30.9 Å². The Morgan fingerprint density at radius 3 is 1.79 bits per heavy atom. The molecular formula is C30H44O4. The highest BCUT2D eigenvalue weighted by molar-refractivity contribution is 5.90. The van der Waals surface area contributed by atoms with Crippen molar-refractivity contribution in [2.24, 2.45) is 5.92 Å². The van der Waals surface area contributed by atoms with E-state index >= 15 is 0 Å². The molecule has 1 unspecified atom stereocenters. The van der Waals surface area contributed by atoms with Crippen LogP contribution in [0.25, 0.3) is 11.1 Å². The molecule has 0 heterocycles. The van der Waals surface area contributed by atoms with Crippen molar-refractivity contribution in [3.63, 3.8) is 0 Å². The fraction of sp³-hybridized carbons (Fsp3) is 0.567. The molecule has 2 rings (SSSR count). The molecule has 0 bridgehead atoms. The smallest absolute Gasteiger partial charge is 0.338 e. The van der Waals surface area contributed by atoms with Crippen molar-refractivity contribution in [1.29, 1.82) is 0 Å². The van der Waals surface area contributed by atoms with Gasteiger partial charge in [0.15, 0.2) is 0 Å². The van der Waals surface area contributed by atoms with E-state index in [0.717, 1.165) is 49.2 Å². The molecule has 2 aromatic carbocycles. The first-order chi connectivity index (χ1) is 16.6. The van der Waals surface area contributed by atoms with Crippen molar-refractivity contribution >= 4 is 5.97 Å². The van der Waals surface area contributed by atoms with Crippen LogP contribution < -0.4 is 4.74 Å². The monoisotopic (exact) mass is 468 g/mol. The highest BCUT2D eigenvalue weighted by Crippen LogP contribution is 2.23. The Balaban J connectivity index is 1.61. The zero-order valence-electron chi connectivity index (χ0n) is 21.3. The third-order valence-corrected chi connectivity index (χ3v) is 6.33. The summed E-state index contributed by atoms with van der Waals surface area (Å²) in [7, 11) is 0. The Bertz CT molecular complexity index is 782. The minimum absolute atomic E-state index is 0.259. The van der Waals surface area contributed by atoms with E-state index in [1.807, 2.05) is 36.4 Å². The van der Waals surface area contributed by atoms with E-state index in [-0.39, 0.29) is 5.97 Å². The second kappa shape index (κ2) is 17.2. The second-order valence-electron chi connectivity index (χ2n) is 9.32. The van der Waals surface area contributed by atoms with Gasteiger partial charge in [0.25, 0.3) is 0 Å². The molecule has 34 heavy (non-hydrogen) atoms. The van der Waals surface area contributed by atoms with Crippen LogP contribution in [0.5, 0.6) is 5.75 Å². The van der Waals surface area contributed by atoms with Gasteiger partial charge in [0.2, 0.25) is 0 Å². The van der Waals surface area contributed by atoms with Gasteiger partial charge < -0.3 is 14.6 Å². The number of hydrogen-bond acceptors (Lipinski definition) is 4. The molecule has 0 saturated heterocycles. The van der Waals surface area contributed by atoms with E-state index in [9.17, 15) is 4.79 Å². The van der Waals surface area contributed by atoms with Crippen LogP contribution in [-0.2, 0) is 4.74 Å². The summed E-state index contributed by atoms with van der Waals surface area (Å²) in [6, 6.07) is 15.7. The number of aliphatic hydroxyl groups is 1. The molecule has 0 radical (unpaired) electrons. The van der Waals surface area contributed by atoms with Gasteiger partial charge in [-0.25, -0.2) is 4.79 Å². The summed E-state index contributed by atoms with van der Waals surface area (Å²) in [4.78, 5) is 12.2. The Morgan fingerprint density at radius 2 is 1.26 bits per heavy atom. The molecule has 1 N–H and O–H groups in total. The van der Waals surface area contributed by atoms with Crippen molar-refractivity contribution < 1.29 is 19.4 Å². The molecule has 1 atom stereocenters. The Hall–Kier alpha value is -2.33. The fourth-order valence-corrected chi connectivity index (χ4v) is 3.78. The zero-order valence-corrected chi connectivity index (χ0v) is 21.3. The topological polar surface area (TPSA) is 55.8 Å². The molecule has 0 spiro atoms. The summed E-state index contributed by atoms with van der Waals surface area (Å²) in [6.07, 6.45) is 13.2. The Morgan fingerprint density at radius 1 is 0.765 bits per heavy atom. The fourth-order valence-electron chi connectivity index (χ4n) is 3.78. The van der Waals surface area contributed by atoms with Crippen molar-refractivity contribution in [2.45, 2.75) is 84.5 Å². The molecule has 0 aliphatic rings. The van der Waals surface area contributed by atoms with E-state index in [1.54, 1.807) is 0 Å². The number of carbonyl (C=O) groups is 1. The SMILES string of the molecule is CCC(C)COC(=O)c1ccc(-c2ccc(OCCCCCCCCCCCCO)cc2)cc1. The van der Waals surface area contributed by atoms with Gasteiger partial charge in [0.05, 0.1) is 18.8 Å². The molecule has 2 aromatic rings. The lowest BCUT2D eigenvalue weighted by Crippen LogP contribution is -2.11. The number of carbonyl (C=O) groups excluding carboxylic acids is 1. The lowest BCUT2D eigenvalue weighted by atomic mass is 10.0. The van der Waals surface area contributed by atoms with Crippen molar-refractivity contribution in [3.8, 4) is 16.9 Å². The normalized spacial score (nSPS) is 11.9. The molecule has 0 amide bonds. The summed E-state index contributed by atoms with van der Waals surface area (Å²) in [5.41, 5.74) is 2.76. The minimum atomic E-state index is -0.259. The summed E-state index contributed by atoms with van der Waals surface area (Å²) in [6.45, 7) is 5.73. The van der Waals surface area contributed by atoms with E-state index in [2.05, 4.69) is 26.0 Å². The quantitative estimate of drug-likeness (QED) is 0.179. The lowest BCUT2D eigenvalue weighted by molar-refractivity contribution is 0.0447. The maximum absolute atomic E-state index is 12.2. The predicted molar refractivity (Wildman–Crippen MR) is 140 cm³/mol. The van der Waals surface area contributed by atoms with E-state index in [0.29, 0.717) is 24.7 Å². The molecule has 0 fully saturated rings. The molecule has 0 saturated carbocycles. The summed E-state index contributed by atoms with van der Waals surface area (Å²) < 4.78 is 11.3. The maximum atomic E-state index is 12.2. The van der Waals surface area contributed by atoms with Crippen LogP contribution in [0.1, 0.15) is 94.8 Å². The highest BCUT2D eigenvalue weighted by atomic mass is 16.5.